The molecule has 2 aliphatic heterocycles. The topological polar surface area (TPSA) is 84.9 Å². The summed E-state index contributed by atoms with van der Waals surface area (Å²) in [5.41, 5.74) is 3.04. The molecule has 0 aromatic heterocycles. The molecule has 0 unspecified atom stereocenters. The van der Waals surface area contributed by atoms with Gasteiger partial charge < -0.3 is 14.4 Å². The number of allylic oxidation sites excluding steroid dienone is 1. The number of aryl methyl sites for hydroxylation is 1. The number of rotatable bonds is 1. The van der Waals surface area contributed by atoms with Crippen molar-refractivity contribution in [3.05, 3.63) is 64.7 Å². The van der Waals surface area contributed by atoms with Gasteiger partial charge in [0.15, 0.2) is 0 Å². The lowest BCUT2D eigenvalue weighted by Gasteiger charge is -2.46. The van der Waals surface area contributed by atoms with E-state index in [4.69, 9.17) is 21.1 Å². The minimum absolute atomic E-state index is 0.00333. The van der Waals surface area contributed by atoms with Crippen molar-refractivity contribution in [1.29, 1.82) is 0 Å². The molecule has 2 aromatic carbocycles. The number of carbonyl (C=O) groups excluding carboxylic acids is 1. The second-order valence-corrected chi connectivity index (χ2v) is 14.6. The second-order valence-electron chi connectivity index (χ2n) is 12.4. The van der Waals surface area contributed by atoms with Crippen LogP contribution in [0.5, 0.6) is 5.75 Å². The van der Waals surface area contributed by atoms with Gasteiger partial charge in [-0.2, -0.15) is 0 Å². The van der Waals surface area contributed by atoms with Crippen molar-refractivity contribution in [2.75, 3.05) is 31.7 Å². The highest BCUT2D eigenvalue weighted by atomic mass is 35.5. The number of carbonyl (C=O) groups is 1. The molecule has 2 aromatic rings. The molecule has 0 saturated heterocycles. The first kappa shape index (κ1) is 28.6. The molecule has 2 heterocycles. The summed E-state index contributed by atoms with van der Waals surface area (Å²) in [5, 5.41) is 0.742. The number of benzene rings is 2. The van der Waals surface area contributed by atoms with E-state index in [1.54, 1.807) is 25.3 Å². The van der Waals surface area contributed by atoms with Crippen LogP contribution in [0, 0.1) is 17.8 Å². The smallest absolute Gasteiger partial charge is 0.264 e. The Bertz CT molecular complexity index is 1460. The van der Waals surface area contributed by atoms with Gasteiger partial charge in [-0.1, -0.05) is 36.7 Å². The molecule has 1 fully saturated rings. The van der Waals surface area contributed by atoms with Crippen molar-refractivity contribution in [3.8, 4) is 5.75 Å². The van der Waals surface area contributed by atoms with E-state index in [9.17, 15) is 13.2 Å². The van der Waals surface area contributed by atoms with Crippen LogP contribution >= 0.6 is 11.6 Å². The highest BCUT2D eigenvalue weighted by Gasteiger charge is 2.44. The van der Waals surface area contributed by atoms with Crippen molar-refractivity contribution in [3.63, 3.8) is 0 Å². The number of methoxy groups -OCH3 is 1. The lowest BCUT2D eigenvalue weighted by molar-refractivity contribution is -0.120. The Morgan fingerprint density at radius 1 is 1.17 bits per heavy atom. The first-order valence-electron chi connectivity index (χ1n) is 14.7. The quantitative estimate of drug-likeness (QED) is 0.427. The Hall–Kier alpha value is -2.55. The van der Waals surface area contributed by atoms with E-state index in [1.807, 2.05) is 13.0 Å². The van der Waals surface area contributed by atoms with Gasteiger partial charge in [0.05, 0.1) is 23.3 Å². The third-order valence-electron chi connectivity index (χ3n) is 9.59. The summed E-state index contributed by atoms with van der Waals surface area (Å²) >= 11 is 6.39. The Labute approximate surface area is 248 Å². The number of hydrogen-bond donors (Lipinski definition) is 1. The highest BCUT2D eigenvalue weighted by molar-refractivity contribution is 7.90. The molecule has 220 valence electrons. The Balaban J connectivity index is 1.43. The summed E-state index contributed by atoms with van der Waals surface area (Å²) in [7, 11) is -2.27. The maximum absolute atomic E-state index is 13.4. The van der Waals surface area contributed by atoms with E-state index >= 15 is 0 Å². The normalized spacial score (nSPS) is 31.2. The molecule has 2 aliphatic carbocycles. The van der Waals surface area contributed by atoms with Crippen LogP contribution in [-0.2, 0) is 31.4 Å². The maximum atomic E-state index is 13.4. The number of sulfonamides is 1. The minimum Gasteiger partial charge on any atom is -0.490 e. The molecule has 2 bridgehead atoms. The second kappa shape index (κ2) is 11.3. The molecule has 9 heteroatoms. The Morgan fingerprint density at radius 2 is 2.02 bits per heavy atom. The van der Waals surface area contributed by atoms with Crippen molar-refractivity contribution < 1.29 is 22.7 Å². The minimum atomic E-state index is -4.04. The molecule has 1 amide bonds. The lowest BCUT2D eigenvalue weighted by Crippen LogP contribution is -2.49. The summed E-state index contributed by atoms with van der Waals surface area (Å²) in [6.45, 7) is 3.94. The molecule has 5 atom stereocenters. The standard InChI is InChI=1S/C32H39ClN2O5S/c1-21-5-3-7-29(39-2)26-11-8-23(26)18-35-19-32(14-4-6-22-16-24(33)9-12-27(22)32)20-40-30-13-10-25(17-28(30)35)41(37,38)34-31(36)15-21/h3,7,9-10,12-13,16-17,21,23,26,29H,4-6,8,11,14-15,18-20H2,1-2H3,(H,34,36)/t21-,23-,26+,29+,32-/m0/s1. The van der Waals surface area contributed by atoms with Crippen LogP contribution in [0.1, 0.15) is 56.6 Å². The van der Waals surface area contributed by atoms with Gasteiger partial charge in [0.2, 0.25) is 5.91 Å². The fourth-order valence-electron chi connectivity index (χ4n) is 7.29. The highest BCUT2D eigenvalue weighted by Crippen LogP contribution is 2.47. The summed E-state index contributed by atoms with van der Waals surface area (Å²) in [6, 6.07) is 11.2. The molecular formula is C32H39ClN2O5S. The van der Waals surface area contributed by atoms with Crippen LogP contribution in [0.4, 0.5) is 5.69 Å². The molecule has 1 N–H and O–H groups in total. The fourth-order valence-corrected chi connectivity index (χ4v) is 8.50. The van der Waals surface area contributed by atoms with Crippen LogP contribution in [0.25, 0.3) is 0 Å². The zero-order valence-electron chi connectivity index (χ0n) is 23.8. The zero-order valence-corrected chi connectivity index (χ0v) is 25.3. The van der Waals surface area contributed by atoms with E-state index < -0.39 is 15.9 Å². The van der Waals surface area contributed by atoms with E-state index in [2.05, 4.69) is 33.9 Å². The third kappa shape index (κ3) is 5.63. The maximum Gasteiger partial charge on any atom is 0.264 e. The molecule has 1 saturated carbocycles. The van der Waals surface area contributed by atoms with Crippen molar-refractivity contribution in [2.45, 2.75) is 68.3 Å². The van der Waals surface area contributed by atoms with E-state index in [0.717, 1.165) is 49.4 Å². The van der Waals surface area contributed by atoms with Gasteiger partial charge in [-0.25, -0.2) is 13.1 Å². The molecule has 0 radical (unpaired) electrons. The van der Waals surface area contributed by atoms with Gasteiger partial charge in [-0.3, -0.25) is 4.79 Å². The van der Waals surface area contributed by atoms with E-state index in [0.29, 0.717) is 37.2 Å². The molecule has 7 nitrogen and oxygen atoms in total. The first-order chi connectivity index (χ1) is 19.7. The number of ether oxygens (including phenoxy) is 2. The molecule has 6 rings (SSSR count). The van der Waals surface area contributed by atoms with Gasteiger partial charge in [0, 0.05) is 37.1 Å². The summed E-state index contributed by atoms with van der Waals surface area (Å²) < 4.78 is 41.5. The predicted molar refractivity (Wildman–Crippen MR) is 160 cm³/mol. The average Bonchev–Trinajstić information content (AvgIpc) is 3.06. The van der Waals surface area contributed by atoms with Gasteiger partial charge in [-0.05, 0) is 97.7 Å². The number of amides is 1. The van der Waals surface area contributed by atoms with Crippen LogP contribution in [0.15, 0.2) is 53.4 Å². The molecular weight excluding hydrogens is 560 g/mol. The molecule has 4 aliphatic rings. The van der Waals surface area contributed by atoms with Crippen molar-refractivity contribution >= 4 is 33.2 Å². The number of halogens is 1. The van der Waals surface area contributed by atoms with Crippen LogP contribution in [0.2, 0.25) is 5.02 Å². The summed E-state index contributed by atoms with van der Waals surface area (Å²) in [5.74, 6) is 0.938. The monoisotopic (exact) mass is 598 g/mol. The van der Waals surface area contributed by atoms with Gasteiger partial charge in [0.1, 0.15) is 5.75 Å². The molecule has 1 spiro atoms. The number of anilines is 1. The van der Waals surface area contributed by atoms with Crippen molar-refractivity contribution in [2.24, 2.45) is 17.8 Å². The van der Waals surface area contributed by atoms with Crippen molar-refractivity contribution in [1.82, 2.24) is 4.72 Å². The van der Waals surface area contributed by atoms with Crippen LogP contribution < -0.4 is 14.4 Å². The first-order valence-corrected chi connectivity index (χ1v) is 16.6. The SMILES string of the molecule is CO[C@@H]1C=CC[C@H](C)CC(=O)NS(=O)(=O)c2ccc3c(c2)N(C[C@@H]2CC[C@H]21)C[C@@]1(CCCc2cc(Cl)ccc21)CO3. The van der Waals surface area contributed by atoms with Crippen LogP contribution in [-0.4, -0.2) is 47.2 Å². The Morgan fingerprint density at radius 3 is 2.80 bits per heavy atom. The van der Waals surface area contributed by atoms with E-state index in [1.165, 1.54) is 11.1 Å². The number of hydrogen-bond acceptors (Lipinski definition) is 6. The van der Waals surface area contributed by atoms with Gasteiger partial charge in [0.25, 0.3) is 10.0 Å². The number of fused-ring (bicyclic) bond motifs is 4. The predicted octanol–water partition coefficient (Wildman–Crippen LogP) is 5.65. The number of nitrogens with zero attached hydrogens (tertiary/aromatic N) is 1. The summed E-state index contributed by atoms with van der Waals surface area (Å²) in [6.07, 6.45) is 10.2. The Kier molecular flexibility index (Phi) is 7.85. The fraction of sp³-hybridized carbons (Fsp3) is 0.531. The largest absolute Gasteiger partial charge is 0.490 e. The average molecular weight is 599 g/mol. The zero-order chi connectivity index (χ0) is 28.8. The van der Waals surface area contributed by atoms with Gasteiger partial charge >= 0.3 is 0 Å². The third-order valence-corrected chi connectivity index (χ3v) is 11.2. The summed E-state index contributed by atoms with van der Waals surface area (Å²) in [4.78, 5) is 15.1. The molecule has 41 heavy (non-hydrogen) atoms. The lowest BCUT2D eigenvalue weighted by atomic mass is 9.68. The number of nitrogens with one attached hydrogen (secondary N) is 1. The van der Waals surface area contributed by atoms with E-state index in [-0.39, 0.29) is 28.8 Å². The van der Waals surface area contributed by atoms with Gasteiger partial charge in [-0.15, -0.1) is 0 Å². The van der Waals surface area contributed by atoms with Crippen LogP contribution in [0.3, 0.4) is 0 Å².